The molecule has 0 bridgehead atoms. The average Bonchev–Trinajstić information content (AvgIpc) is 2.54. The number of rotatable bonds is 2. The molecule has 1 aliphatic rings. The smallest absolute Gasteiger partial charge is 0.310 e. The van der Waals surface area contributed by atoms with E-state index in [-0.39, 0.29) is 0 Å². The van der Waals surface area contributed by atoms with Crippen LogP contribution in [-0.2, 0) is 4.79 Å². The molecular formula is C13H17NO2. The molecule has 1 N–H and O–H groups in total. The van der Waals surface area contributed by atoms with Crippen LogP contribution in [-0.4, -0.2) is 24.7 Å². The molecule has 1 aromatic rings. The zero-order valence-corrected chi connectivity index (χ0v) is 9.90. The lowest BCUT2D eigenvalue weighted by molar-refractivity contribution is -0.138. The predicted molar refractivity (Wildman–Crippen MR) is 64.2 cm³/mol. The molecule has 0 fully saturated rings. The fraction of sp³-hybridized carbons (Fsp3) is 0.462. The molecule has 1 aromatic carbocycles. The van der Waals surface area contributed by atoms with Crippen molar-refractivity contribution in [2.24, 2.45) is 0 Å². The summed E-state index contributed by atoms with van der Waals surface area (Å²) in [5.74, 6) is -0.718. The number of carboxylic acids is 1. The van der Waals surface area contributed by atoms with Gasteiger partial charge in [0.2, 0.25) is 0 Å². The Morgan fingerprint density at radius 3 is 2.88 bits per heavy atom. The minimum atomic E-state index is -0.763. The maximum atomic E-state index is 11.1. The molecule has 2 atom stereocenters. The van der Waals surface area contributed by atoms with Gasteiger partial charge in [0.05, 0.1) is 5.92 Å². The van der Waals surface area contributed by atoms with Gasteiger partial charge >= 0.3 is 5.97 Å². The lowest BCUT2D eigenvalue weighted by Crippen LogP contribution is -2.17. The Balaban J connectivity index is 2.53. The largest absolute Gasteiger partial charge is 0.481 e. The molecule has 86 valence electrons. The molecule has 0 saturated heterocycles. The minimum absolute atomic E-state index is 0.442. The number of fused-ring (bicyclic) bond motifs is 1. The van der Waals surface area contributed by atoms with E-state index >= 15 is 0 Å². The van der Waals surface area contributed by atoms with Crippen LogP contribution in [0.3, 0.4) is 0 Å². The Bertz CT molecular complexity index is 428. The van der Waals surface area contributed by atoms with E-state index in [1.807, 2.05) is 19.2 Å². The summed E-state index contributed by atoms with van der Waals surface area (Å²) in [6.07, 6.45) is 0. The van der Waals surface area contributed by atoms with Crippen LogP contribution in [0.1, 0.15) is 36.8 Å². The van der Waals surface area contributed by atoms with Crippen molar-refractivity contribution >= 4 is 11.7 Å². The summed E-state index contributed by atoms with van der Waals surface area (Å²) in [5, 5.41) is 9.10. The van der Waals surface area contributed by atoms with Crippen LogP contribution in [0.15, 0.2) is 18.2 Å². The first-order valence-electron chi connectivity index (χ1n) is 5.59. The van der Waals surface area contributed by atoms with E-state index in [4.69, 9.17) is 5.11 Å². The Labute approximate surface area is 95.7 Å². The van der Waals surface area contributed by atoms with Crippen LogP contribution < -0.4 is 4.90 Å². The SMILES string of the molecule is CC1CN(C)c2c1cccc2C(C)C(=O)O. The van der Waals surface area contributed by atoms with Crippen molar-refractivity contribution in [1.29, 1.82) is 0 Å². The molecule has 1 aliphatic heterocycles. The summed E-state index contributed by atoms with van der Waals surface area (Å²) in [5.41, 5.74) is 3.31. The molecule has 2 unspecified atom stereocenters. The monoisotopic (exact) mass is 219 g/mol. The number of hydrogen-bond donors (Lipinski definition) is 1. The predicted octanol–water partition coefficient (Wildman–Crippen LogP) is 2.43. The summed E-state index contributed by atoms with van der Waals surface area (Å²) in [7, 11) is 2.03. The van der Waals surface area contributed by atoms with Gasteiger partial charge in [0.25, 0.3) is 0 Å². The summed E-state index contributed by atoms with van der Waals surface area (Å²) in [4.78, 5) is 13.2. The zero-order valence-electron chi connectivity index (χ0n) is 9.90. The van der Waals surface area contributed by atoms with E-state index in [2.05, 4.69) is 17.9 Å². The van der Waals surface area contributed by atoms with Gasteiger partial charge in [-0.3, -0.25) is 4.79 Å². The Kier molecular flexibility index (Phi) is 2.62. The third-order valence-corrected chi connectivity index (χ3v) is 3.40. The topological polar surface area (TPSA) is 40.5 Å². The van der Waals surface area contributed by atoms with Gasteiger partial charge in [-0.25, -0.2) is 0 Å². The second kappa shape index (κ2) is 3.81. The van der Waals surface area contributed by atoms with Crippen molar-refractivity contribution < 1.29 is 9.90 Å². The summed E-state index contributed by atoms with van der Waals surface area (Å²) < 4.78 is 0. The quantitative estimate of drug-likeness (QED) is 0.830. The molecule has 1 heterocycles. The summed E-state index contributed by atoms with van der Waals surface area (Å²) in [6, 6.07) is 5.98. The van der Waals surface area contributed by atoms with Gasteiger partial charge in [-0.05, 0) is 18.1 Å². The normalized spacial score (nSPS) is 20.7. The first kappa shape index (κ1) is 11.0. The van der Waals surface area contributed by atoms with Crippen LogP contribution in [0.25, 0.3) is 0 Å². The van der Waals surface area contributed by atoms with E-state index in [0.717, 1.165) is 17.8 Å². The van der Waals surface area contributed by atoms with E-state index in [0.29, 0.717) is 5.92 Å². The number of aliphatic carboxylic acids is 1. The molecule has 0 spiro atoms. The van der Waals surface area contributed by atoms with Gasteiger partial charge in [0.15, 0.2) is 0 Å². The van der Waals surface area contributed by atoms with Crippen molar-refractivity contribution in [2.75, 3.05) is 18.5 Å². The third-order valence-electron chi connectivity index (χ3n) is 3.40. The number of carbonyl (C=O) groups is 1. The Morgan fingerprint density at radius 1 is 1.56 bits per heavy atom. The van der Waals surface area contributed by atoms with E-state index < -0.39 is 11.9 Å². The standard InChI is InChI=1S/C13H17NO2/c1-8-7-14(3)12-10(8)5-4-6-11(12)9(2)13(15)16/h4-6,8-9H,7H2,1-3H3,(H,15,16). The second-order valence-electron chi connectivity index (χ2n) is 4.63. The van der Waals surface area contributed by atoms with Crippen molar-refractivity contribution in [3.8, 4) is 0 Å². The molecule has 2 rings (SSSR count). The highest BCUT2D eigenvalue weighted by molar-refractivity contribution is 5.80. The number of para-hydroxylation sites is 1. The van der Waals surface area contributed by atoms with Gasteiger partial charge in [0, 0.05) is 25.2 Å². The highest BCUT2D eigenvalue weighted by Gasteiger charge is 2.28. The number of carboxylic acid groups (broad SMARTS) is 1. The summed E-state index contributed by atoms with van der Waals surface area (Å²) >= 11 is 0. The lowest BCUT2D eigenvalue weighted by atomic mass is 9.94. The molecule has 3 heteroatoms. The van der Waals surface area contributed by atoms with E-state index in [1.54, 1.807) is 6.92 Å². The Hall–Kier alpha value is -1.51. The van der Waals surface area contributed by atoms with Crippen molar-refractivity contribution in [3.63, 3.8) is 0 Å². The van der Waals surface area contributed by atoms with Gasteiger partial charge in [0.1, 0.15) is 0 Å². The molecule has 0 radical (unpaired) electrons. The van der Waals surface area contributed by atoms with Gasteiger partial charge in [-0.2, -0.15) is 0 Å². The third kappa shape index (κ3) is 1.56. The highest BCUT2D eigenvalue weighted by Crippen LogP contribution is 2.40. The maximum Gasteiger partial charge on any atom is 0.310 e. The summed E-state index contributed by atoms with van der Waals surface area (Å²) in [6.45, 7) is 4.89. The molecule has 0 aliphatic carbocycles. The molecule has 0 saturated carbocycles. The molecule has 16 heavy (non-hydrogen) atoms. The van der Waals surface area contributed by atoms with Crippen molar-refractivity contribution in [2.45, 2.75) is 25.7 Å². The molecule has 0 aromatic heterocycles. The lowest BCUT2D eigenvalue weighted by Gasteiger charge is -2.18. The van der Waals surface area contributed by atoms with Gasteiger partial charge in [-0.1, -0.05) is 25.1 Å². The van der Waals surface area contributed by atoms with Crippen molar-refractivity contribution in [3.05, 3.63) is 29.3 Å². The van der Waals surface area contributed by atoms with E-state index in [1.165, 1.54) is 5.56 Å². The Morgan fingerprint density at radius 2 is 2.25 bits per heavy atom. The van der Waals surface area contributed by atoms with E-state index in [9.17, 15) is 4.79 Å². The first-order valence-corrected chi connectivity index (χ1v) is 5.59. The van der Waals surface area contributed by atoms with Crippen LogP contribution >= 0.6 is 0 Å². The van der Waals surface area contributed by atoms with Crippen LogP contribution in [0, 0.1) is 0 Å². The fourth-order valence-corrected chi connectivity index (χ4v) is 2.50. The second-order valence-corrected chi connectivity index (χ2v) is 4.63. The number of benzene rings is 1. The number of anilines is 1. The average molecular weight is 219 g/mol. The first-order chi connectivity index (χ1) is 7.52. The molecule has 3 nitrogen and oxygen atoms in total. The zero-order chi connectivity index (χ0) is 11.9. The number of likely N-dealkylation sites (N-methyl/N-ethyl adjacent to an activating group) is 1. The minimum Gasteiger partial charge on any atom is -0.481 e. The molecular weight excluding hydrogens is 202 g/mol. The molecule has 0 amide bonds. The van der Waals surface area contributed by atoms with Crippen molar-refractivity contribution in [1.82, 2.24) is 0 Å². The van der Waals surface area contributed by atoms with Crippen LogP contribution in [0.5, 0.6) is 0 Å². The fourth-order valence-electron chi connectivity index (χ4n) is 2.50. The van der Waals surface area contributed by atoms with Gasteiger partial charge < -0.3 is 10.0 Å². The van der Waals surface area contributed by atoms with Crippen LogP contribution in [0.2, 0.25) is 0 Å². The van der Waals surface area contributed by atoms with Gasteiger partial charge in [-0.15, -0.1) is 0 Å². The van der Waals surface area contributed by atoms with Crippen LogP contribution in [0.4, 0.5) is 5.69 Å². The highest BCUT2D eigenvalue weighted by atomic mass is 16.4. The number of hydrogen-bond acceptors (Lipinski definition) is 2. The number of nitrogens with zero attached hydrogens (tertiary/aromatic N) is 1. The maximum absolute atomic E-state index is 11.1.